The van der Waals surface area contributed by atoms with Crippen LogP contribution in [0.4, 0.5) is 0 Å². The summed E-state index contributed by atoms with van der Waals surface area (Å²) in [7, 11) is 0. The number of carboxylic acids is 1. The zero-order valence-corrected chi connectivity index (χ0v) is 14.9. The Hall–Kier alpha value is -1.88. The summed E-state index contributed by atoms with van der Waals surface area (Å²) in [6.45, 7) is 7.06. The molecule has 134 valence electrons. The Labute approximate surface area is 144 Å². The highest BCUT2D eigenvalue weighted by molar-refractivity contribution is 5.96. The van der Waals surface area contributed by atoms with Gasteiger partial charge in [-0.1, -0.05) is 27.2 Å². The molecule has 0 amide bonds. The predicted molar refractivity (Wildman–Crippen MR) is 90.8 cm³/mol. The molecule has 1 rings (SSSR count). The fraction of sp³-hybridized carbons (Fsp3) is 0.579. The van der Waals surface area contributed by atoms with Crippen molar-refractivity contribution in [3.8, 4) is 5.75 Å². The lowest BCUT2D eigenvalue weighted by Gasteiger charge is -2.21. The molecule has 0 saturated heterocycles. The number of carbonyl (C=O) groups is 2. The molecule has 5 nitrogen and oxygen atoms in total. The smallest absolute Gasteiger partial charge is 0.168 e. The zero-order valence-electron chi connectivity index (χ0n) is 14.9. The van der Waals surface area contributed by atoms with E-state index in [4.69, 9.17) is 4.74 Å². The molecule has 0 aliphatic rings. The molecule has 0 aliphatic heterocycles. The number of hydrogen-bond donors (Lipinski definition) is 1. The van der Waals surface area contributed by atoms with Gasteiger partial charge >= 0.3 is 0 Å². The molecule has 0 aromatic heterocycles. The molecule has 0 radical (unpaired) electrons. The standard InChI is InChI=1S/C19H29NO4/c1-4-6-13-24-16-9-7-15(8-10-16)17(21)11-12-20-18(19(22)23)14(3)5-2/h7-10,14,18,20H,4-6,11-13H2,1-3H3,(H,22,23)/t14-,18+/m1/s1. The summed E-state index contributed by atoms with van der Waals surface area (Å²) in [6.07, 6.45) is 3.15. The first kappa shape index (κ1) is 20.2. The molecule has 0 aliphatic carbocycles. The van der Waals surface area contributed by atoms with E-state index in [0.29, 0.717) is 25.1 Å². The van der Waals surface area contributed by atoms with Gasteiger partial charge in [-0.15, -0.1) is 0 Å². The van der Waals surface area contributed by atoms with Crippen LogP contribution in [0.3, 0.4) is 0 Å². The maximum absolute atomic E-state index is 12.2. The highest BCUT2D eigenvalue weighted by Crippen LogP contribution is 2.13. The number of rotatable bonds is 12. The molecule has 5 heteroatoms. The van der Waals surface area contributed by atoms with Crippen molar-refractivity contribution in [1.29, 1.82) is 0 Å². The number of nitrogens with two attached hydrogens (primary N) is 1. The van der Waals surface area contributed by atoms with E-state index in [2.05, 4.69) is 6.92 Å². The first-order valence-electron chi connectivity index (χ1n) is 8.79. The fourth-order valence-corrected chi connectivity index (χ4v) is 2.42. The van der Waals surface area contributed by atoms with Gasteiger partial charge in [-0.05, 0) is 37.1 Å². The highest BCUT2D eigenvalue weighted by atomic mass is 16.5. The van der Waals surface area contributed by atoms with Crippen LogP contribution in [0.25, 0.3) is 0 Å². The number of hydrogen-bond acceptors (Lipinski definition) is 4. The Kier molecular flexibility index (Phi) is 9.08. The first-order chi connectivity index (χ1) is 11.5. The van der Waals surface area contributed by atoms with Gasteiger partial charge in [0, 0.05) is 11.5 Å². The third kappa shape index (κ3) is 6.71. The molecule has 24 heavy (non-hydrogen) atoms. The van der Waals surface area contributed by atoms with Gasteiger partial charge in [0.15, 0.2) is 5.78 Å². The van der Waals surface area contributed by atoms with Crippen LogP contribution in [-0.4, -0.2) is 30.9 Å². The average molecular weight is 335 g/mol. The van der Waals surface area contributed by atoms with Crippen molar-refractivity contribution in [3.63, 3.8) is 0 Å². The number of carbonyl (C=O) groups excluding carboxylic acids is 2. The molecule has 0 spiro atoms. The Morgan fingerprint density at radius 1 is 1.21 bits per heavy atom. The average Bonchev–Trinajstić information content (AvgIpc) is 2.58. The summed E-state index contributed by atoms with van der Waals surface area (Å²) < 4.78 is 5.57. The molecular weight excluding hydrogens is 306 g/mol. The molecule has 2 atom stereocenters. The molecule has 0 saturated carbocycles. The molecule has 0 fully saturated rings. The lowest BCUT2D eigenvalue weighted by Crippen LogP contribution is -2.94. The number of quaternary nitrogens is 1. The number of Topliss-reactive ketones (excluding diaryl/α,β-unsaturated/α-hetero) is 1. The third-order valence-electron chi connectivity index (χ3n) is 4.26. The third-order valence-corrected chi connectivity index (χ3v) is 4.26. The van der Waals surface area contributed by atoms with E-state index in [0.717, 1.165) is 25.0 Å². The molecule has 0 heterocycles. The second-order valence-corrected chi connectivity index (χ2v) is 6.15. The Bertz CT molecular complexity index is 513. The fourth-order valence-electron chi connectivity index (χ4n) is 2.42. The van der Waals surface area contributed by atoms with E-state index >= 15 is 0 Å². The Morgan fingerprint density at radius 2 is 1.88 bits per heavy atom. The number of carboxylic acid groups (broad SMARTS) is 1. The van der Waals surface area contributed by atoms with Gasteiger partial charge in [-0.2, -0.15) is 0 Å². The van der Waals surface area contributed by atoms with Crippen molar-refractivity contribution in [2.45, 2.75) is 52.5 Å². The second kappa shape index (κ2) is 10.8. The number of ether oxygens (including phenoxy) is 1. The predicted octanol–water partition coefficient (Wildman–Crippen LogP) is 1.17. The molecule has 1 aromatic carbocycles. The van der Waals surface area contributed by atoms with Crippen LogP contribution in [0.1, 0.15) is 56.8 Å². The number of aliphatic carboxylic acids is 1. The number of unbranched alkanes of at least 4 members (excludes halogenated alkanes) is 1. The largest absolute Gasteiger partial charge is 0.544 e. The van der Waals surface area contributed by atoms with Crippen molar-refractivity contribution in [2.24, 2.45) is 5.92 Å². The molecule has 2 N–H and O–H groups in total. The van der Waals surface area contributed by atoms with Crippen LogP contribution >= 0.6 is 0 Å². The van der Waals surface area contributed by atoms with E-state index in [9.17, 15) is 14.7 Å². The van der Waals surface area contributed by atoms with E-state index < -0.39 is 12.0 Å². The normalized spacial score (nSPS) is 13.3. The van der Waals surface area contributed by atoms with Gasteiger partial charge in [0.1, 0.15) is 11.8 Å². The maximum atomic E-state index is 12.2. The van der Waals surface area contributed by atoms with Crippen molar-refractivity contribution in [2.75, 3.05) is 13.2 Å². The quantitative estimate of drug-likeness (QED) is 0.459. The Morgan fingerprint density at radius 3 is 2.42 bits per heavy atom. The summed E-state index contributed by atoms with van der Waals surface area (Å²) in [4.78, 5) is 23.3. The monoisotopic (exact) mass is 335 g/mol. The van der Waals surface area contributed by atoms with Gasteiger partial charge in [0.05, 0.1) is 25.5 Å². The zero-order chi connectivity index (χ0) is 17.9. The molecule has 1 aromatic rings. The molecule has 0 bridgehead atoms. The first-order valence-corrected chi connectivity index (χ1v) is 8.79. The van der Waals surface area contributed by atoms with Crippen LogP contribution in [-0.2, 0) is 4.79 Å². The number of benzene rings is 1. The lowest BCUT2D eigenvalue weighted by atomic mass is 9.99. The Balaban J connectivity index is 2.45. The van der Waals surface area contributed by atoms with Crippen molar-refractivity contribution < 1.29 is 24.7 Å². The van der Waals surface area contributed by atoms with E-state index in [-0.39, 0.29) is 11.7 Å². The molecule has 0 unspecified atom stereocenters. The maximum Gasteiger partial charge on any atom is 0.168 e. The van der Waals surface area contributed by atoms with Gasteiger partial charge in [0.2, 0.25) is 0 Å². The topological polar surface area (TPSA) is 83.0 Å². The minimum Gasteiger partial charge on any atom is -0.544 e. The summed E-state index contributed by atoms with van der Waals surface area (Å²) in [5.41, 5.74) is 0.625. The van der Waals surface area contributed by atoms with Gasteiger partial charge in [0.25, 0.3) is 0 Å². The number of ketones is 1. The van der Waals surface area contributed by atoms with Gasteiger partial charge in [-0.3, -0.25) is 4.79 Å². The second-order valence-electron chi connectivity index (χ2n) is 6.15. The minimum absolute atomic E-state index is 0.00704. The summed E-state index contributed by atoms with van der Waals surface area (Å²) in [5.74, 6) is -0.275. The van der Waals surface area contributed by atoms with Crippen LogP contribution < -0.4 is 15.2 Å². The minimum atomic E-state index is -1.06. The summed E-state index contributed by atoms with van der Waals surface area (Å²) in [5, 5.41) is 12.8. The van der Waals surface area contributed by atoms with E-state index in [1.807, 2.05) is 13.8 Å². The molecular formula is C19H29NO4. The summed E-state index contributed by atoms with van der Waals surface area (Å²) in [6, 6.07) is 6.52. The van der Waals surface area contributed by atoms with Crippen LogP contribution in [0, 0.1) is 5.92 Å². The SMILES string of the molecule is CCCCOc1ccc(C(=O)CC[NH2+][C@H](C(=O)[O-])[C@H](C)CC)cc1. The van der Waals surface area contributed by atoms with Crippen molar-refractivity contribution in [3.05, 3.63) is 29.8 Å². The van der Waals surface area contributed by atoms with Crippen LogP contribution in [0.15, 0.2) is 24.3 Å². The van der Waals surface area contributed by atoms with Crippen molar-refractivity contribution in [1.82, 2.24) is 0 Å². The van der Waals surface area contributed by atoms with Crippen LogP contribution in [0.2, 0.25) is 0 Å². The van der Waals surface area contributed by atoms with E-state index in [1.54, 1.807) is 29.6 Å². The van der Waals surface area contributed by atoms with Crippen LogP contribution in [0.5, 0.6) is 5.75 Å². The summed E-state index contributed by atoms with van der Waals surface area (Å²) >= 11 is 0. The highest BCUT2D eigenvalue weighted by Gasteiger charge is 2.20. The van der Waals surface area contributed by atoms with E-state index in [1.165, 1.54) is 0 Å². The van der Waals surface area contributed by atoms with Crippen molar-refractivity contribution >= 4 is 11.8 Å². The van der Waals surface area contributed by atoms with Gasteiger partial charge in [-0.25, -0.2) is 0 Å². The van der Waals surface area contributed by atoms with Gasteiger partial charge < -0.3 is 20.0 Å². The lowest BCUT2D eigenvalue weighted by molar-refractivity contribution is -0.688.